The maximum absolute atomic E-state index is 12.3. The molecule has 1 amide bonds. The van der Waals surface area contributed by atoms with E-state index in [0.717, 1.165) is 12.7 Å². The summed E-state index contributed by atoms with van der Waals surface area (Å²) in [6, 6.07) is 7.14. The van der Waals surface area contributed by atoms with Crippen LogP contribution in [0, 0.1) is 5.92 Å². The lowest BCUT2D eigenvalue weighted by atomic mass is 9.82. The number of aliphatic hydroxyl groups is 3. The van der Waals surface area contributed by atoms with Gasteiger partial charge in [0.1, 0.15) is 57.6 Å². The number of carbonyl (C=O) groups is 2. The summed E-state index contributed by atoms with van der Waals surface area (Å²) in [5, 5.41) is 35.6. The molecule has 0 bridgehead atoms. The molecule has 274 valence electrons. The number of amides is 1. The van der Waals surface area contributed by atoms with Crippen molar-refractivity contribution < 1.29 is 67.1 Å². The predicted octanol–water partition coefficient (Wildman–Crippen LogP) is 0.809. The van der Waals surface area contributed by atoms with Crippen molar-refractivity contribution in [1.82, 2.24) is 10.6 Å². The van der Waals surface area contributed by atoms with Gasteiger partial charge in [0.15, 0.2) is 6.29 Å². The van der Waals surface area contributed by atoms with Crippen LogP contribution < -0.4 is 10.6 Å². The molecule has 49 heavy (non-hydrogen) atoms. The third kappa shape index (κ3) is 13.4. The first-order chi connectivity index (χ1) is 23.3. The molecule has 16 nitrogen and oxygen atoms in total. The molecule has 2 saturated heterocycles. The van der Waals surface area contributed by atoms with Gasteiger partial charge in [-0.05, 0) is 37.7 Å². The Morgan fingerprint density at radius 1 is 1.06 bits per heavy atom. The number of hydrogen-bond acceptors (Lipinski definition) is 14. The molecule has 0 aromatic heterocycles. The summed E-state index contributed by atoms with van der Waals surface area (Å²) >= 11 is 5.43. The number of phosphoric ester groups is 1. The van der Waals surface area contributed by atoms with E-state index in [1.807, 2.05) is 6.07 Å². The van der Waals surface area contributed by atoms with Crippen molar-refractivity contribution in [3.05, 3.63) is 35.9 Å². The number of rotatable bonds is 19. The normalized spacial score (nSPS) is 29.5. The minimum absolute atomic E-state index is 0.00376. The standard InChI is InChI=1S/C30H46BN2O14PS/c1-18(35)33-24-26(37)25(36)21(15-34)46-29(24)42-14-7-6-12-23(49)32-13-8-11-20-27(47-48(39,40)41-2)22(45-28(20)31)17-44-30(38)43-16-19-9-4-3-5-10-19/h3-5,9-10,20-22,24-29,34,36-37H,6-8,11-17H2,1-2H3,(H,32,49)(H,33,35)(H,39,40)/t20-,21+,22+,24+,25-,26+,27?,28+,29+/m0/s1. The molecule has 2 aliphatic heterocycles. The lowest BCUT2D eigenvalue weighted by Gasteiger charge is -2.42. The molecule has 2 fully saturated rings. The maximum atomic E-state index is 12.3. The Hall–Kier alpha value is -2.22. The van der Waals surface area contributed by atoms with Crippen molar-refractivity contribution >= 4 is 44.9 Å². The highest BCUT2D eigenvalue weighted by atomic mass is 32.1. The number of thiocarbonyl (C=S) groups is 1. The van der Waals surface area contributed by atoms with E-state index in [-0.39, 0.29) is 19.8 Å². The number of ether oxygens (including phenoxy) is 5. The number of nitrogens with one attached hydrogen (secondary N) is 2. The minimum Gasteiger partial charge on any atom is -0.431 e. The second-order valence-corrected chi connectivity index (χ2v) is 13.6. The van der Waals surface area contributed by atoms with Crippen molar-refractivity contribution in [3.63, 3.8) is 0 Å². The van der Waals surface area contributed by atoms with Crippen LogP contribution in [0.2, 0.25) is 0 Å². The Balaban J connectivity index is 1.39. The van der Waals surface area contributed by atoms with Crippen molar-refractivity contribution in [3.8, 4) is 0 Å². The highest BCUT2D eigenvalue weighted by molar-refractivity contribution is 7.80. The molecule has 3 rings (SSSR count). The van der Waals surface area contributed by atoms with Gasteiger partial charge in [-0.2, -0.15) is 0 Å². The van der Waals surface area contributed by atoms with E-state index in [9.17, 15) is 34.4 Å². The first-order valence-corrected chi connectivity index (χ1v) is 17.8. The summed E-state index contributed by atoms with van der Waals surface area (Å²) in [7, 11) is 2.79. The van der Waals surface area contributed by atoms with Gasteiger partial charge in [0, 0.05) is 39.1 Å². The van der Waals surface area contributed by atoms with Crippen molar-refractivity contribution in [1.29, 1.82) is 0 Å². The van der Waals surface area contributed by atoms with Crippen molar-refractivity contribution in [2.75, 3.05) is 33.5 Å². The molecule has 10 atom stereocenters. The van der Waals surface area contributed by atoms with Gasteiger partial charge in [0.05, 0.1) is 11.6 Å². The van der Waals surface area contributed by atoms with Crippen molar-refractivity contribution in [2.45, 2.75) is 94.5 Å². The molecule has 0 saturated carbocycles. The first kappa shape index (κ1) is 41.2. The summed E-state index contributed by atoms with van der Waals surface area (Å²) in [5.74, 6) is -0.975. The van der Waals surface area contributed by atoms with Gasteiger partial charge in [0.25, 0.3) is 0 Å². The number of unbranched alkanes of at least 4 members (excludes halogenated alkanes) is 1. The number of hydrogen-bond donors (Lipinski definition) is 6. The summed E-state index contributed by atoms with van der Waals surface area (Å²) in [6.07, 6.45) is -5.10. The van der Waals surface area contributed by atoms with Crippen LogP contribution in [0.3, 0.4) is 0 Å². The molecule has 6 N–H and O–H groups in total. The fourth-order valence-electron chi connectivity index (χ4n) is 5.41. The lowest BCUT2D eigenvalue weighted by Crippen LogP contribution is -2.64. The van der Waals surface area contributed by atoms with E-state index in [1.165, 1.54) is 6.92 Å². The summed E-state index contributed by atoms with van der Waals surface area (Å²) in [4.78, 5) is 34.3. The van der Waals surface area contributed by atoms with Crippen LogP contribution in [-0.4, -0.2) is 127 Å². The highest BCUT2D eigenvalue weighted by Gasteiger charge is 2.47. The van der Waals surface area contributed by atoms with Gasteiger partial charge in [-0.25, -0.2) is 9.36 Å². The lowest BCUT2D eigenvalue weighted by molar-refractivity contribution is -0.270. The van der Waals surface area contributed by atoms with E-state index < -0.39 is 81.3 Å². The fourth-order valence-corrected chi connectivity index (χ4v) is 6.34. The molecule has 1 aromatic rings. The average molecular weight is 733 g/mol. The van der Waals surface area contributed by atoms with E-state index >= 15 is 0 Å². The molecule has 2 unspecified atom stereocenters. The molecule has 0 spiro atoms. The van der Waals surface area contributed by atoms with Crippen LogP contribution in [0.5, 0.6) is 0 Å². The SMILES string of the molecule is [B][C@@H]1O[C@H](COC(=O)OCc2ccccc2)C(OP(=O)(O)OC)[C@@H]1CCCNC(=S)CCCCO[C@@H]1O[C@H](CO)[C@H](O)[C@H](O)[C@H]1NC(C)=O. The highest BCUT2D eigenvalue weighted by Crippen LogP contribution is 2.48. The van der Waals surface area contributed by atoms with Crippen molar-refractivity contribution in [2.24, 2.45) is 5.92 Å². The number of benzene rings is 1. The van der Waals surface area contributed by atoms with Gasteiger partial charge in [-0.15, -0.1) is 0 Å². The molecule has 2 aliphatic rings. The molecule has 0 aliphatic carbocycles. The topological polar surface area (TPSA) is 221 Å². The Kier molecular flexibility index (Phi) is 17.3. The molecule has 2 heterocycles. The molecule has 2 radical (unpaired) electrons. The zero-order valence-electron chi connectivity index (χ0n) is 27.5. The van der Waals surface area contributed by atoms with Crippen LogP contribution in [0.25, 0.3) is 0 Å². The Morgan fingerprint density at radius 2 is 1.80 bits per heavy atom. The molecule has 1 aromatic carbocycles. The summed E-state index contributed by atoms with van der Waals surface area (Å²) < 4.78 is 49.6. The largest absolute Gasteiger partial charge is 0.508 e. The number of carbonyl (C=O) groups excluding carboxylic acids is 2. The van der Waals surface area contributed by atoms with Crippen LogP contribution in [0.1, 0.15) is 44.6 Å². The van der Waals surface area contributed by atoms with Gasteiger partial charge >= 0.3 is 14.0 Å². The van der Waals surface area contributed by atoms with Gasteiger partial charge < -0.3 is 54.5 Å². The zero-order chi connectivity index (χ0) is 36.0. The number of aliphatic hydroxyl groups excluding tert-OH is 3. The third-order valence-electron chi connectivity index (χ3n) is 7.96. The Bertz CT molecular complexity index is 1240. The molecular weight excluding hydrogens is 686 g/mol. The van der Waals surface area contributed by atoms with Crippen LogP contribution in [-0.2, 0) is 48.7 Å². The maximum Gasteiger partial charge on any atom is 0.508 e. The quantitative estimate of drug-likeness (QED) is 0.0381. The summed E-state index contributed by atoms with van der Waals surface area (Å²) in [6.45, 7) is 1.08. The van der Waals surface area contributed by atoms with E-state index in [1.54, 1.807) is 24.3 Å². The monoisotopic (exact) mass is 732 g/mol. The van der Waals surface area contributed by atoms with E-state index in [0.29, 0.717) is 43.6 Å². The second kappa shape index (κ2) is 20.6. The minimum atomic E-state index is -4.44. The molecular formula is C30H46BN2O14PS. The van der Waals surface area contributed by atoms with Gasteiger partial charge in [-0.1, -0.05) is 42.5 Å². The first-order valence-electron chi connectivity index (χ1n) is 15.9. The predicted molar refractivity (Wildman–Crippen MR) is 177 cm³/mol. The smallest absolute Gasteiger partial charge is 0.431 e. The average Bonchev–Trinajstić information content (AvgIpc) is 3.36. The van der Waals surface area contributed by atoms with Crippen LogP contribution in [0.4, 0.5) is 4.79 Å². The number of phosphoric acid groups is 1. The Morgan fingerprint density at radius 3 is 2.47 bits per heavy atom. The van der Waals surface area contributed by atoms with Crippen LogP contribution >= 0.6 is 20.0 Å². The third-order valence-corrected chi connectivity index (χ3v) is 9.28. The zero-order valence-corrected chi connectivity index (χ0v) is 29.2. The van der Waals surface area contributed by atoms with E-state index in [2.05, 4.69) is 15.2 Å². The Labute approximate surface area is 292 Å². The second-order valence-electron chi connectivity index (χ2n) is 11.6. The van der Waals surface area contributed by atoms with Crippen LogP contribution in [0.15, 0.2) is 30.3 Å². The van der Waals surface area contributed by atoms with E-state index in [4.69, 9.17) is 48.3 Å². The van der Waals surface area contributed by atoms with Gasteiger partial charge in [0.2, 0.25) is 5.91 Å². The van der Waals surface area contributed by atoms with Gasteiger partial charge in [-0.3, -0.25) is 13.8 Å². The fraction of sp³-hybridized carbons (Fsp3) is 0.700. The summed E-state index contributed by atoms with van der Waals surface area (Å²) in [5.41, 5.74) is 0.771. The molecule has 19 heteroatoms.